The minimum atomic E-state index is -1.46. The van der Waals surface area contributed by atoms with E-state index >= 15 is 0 Å². The summed E-state index contributed by atoms with van der Waals surface area (Å²) in [6.45, 7) is 0.999. The molecule has 1 unspecified atom stereocenters. The van der Waals surface area contributed by atoms with E-state index in [1.54, 1.807) is 67.6 Å². The zero-order valence-electron chi connectivity index (χ0n) is 55.8. The lowest BCUT2D eigenvalue weighted by atomic mass is 10.0. The van der Waals surface area contributed by atoms with Gasteiger partial charge in [-0.25, -0.2) is 14.4 Å². The van der Waals surface area contributed by atoms with E-state index in [2.05, 4.69) is 31.9 Å². The molecular formula is C73H66Cl6N6O21. The lowest BCUT2D eigenvalue weighted by Crippen LogP contribution is -2.50. The Morgan fingerprint density at radius 3 is 1.09 bits per heavy atom. The molecule has 4 atom stereocenters. The number of hydrogen-bond acceptors (Lipinski definition) is 18. The first-order valence-corrected chi connectivity index (χ1v) is 34.2. The van der Waals surface area contributed by atoms with E-state index in [1.165, 1.54) is 98.1 Å². The van der Waals surface area contributed by atoms with E-state index in [0.29, 0.717) is 71.8 Å². The highest BCUT2D eigenvalue weighted by molar-refractivity contribution is 6.41. The van der Waals surface area contributed by atoms with E-state index in [4.69, 9.17) is 96.4 Å². The molecule has 0 bridgehead atoms. The number of hydrogen-bond donors (Lipinski definition) is 9. The Morgan fingerprint density at radius 1 is 0.443 bits per heavy atom. The van der Waals surface area contributed by atoms with Crippen molar-refractivity contribution in [3.8, 4) is 0 Å². The molecule has 6 amide bonds. The van der Waals surface area contributed by atoms with Gasteiger partial charge in [-0.15, -0.1) is 0 Å². The van der Waals surface area contributed by atoms with Crippen LogP contribution in [0, 0.1) is 6.92 Å². The number of ether oxygens (including phenoxy) is 1. The summed E-state index contributed by atoms with van der Waals surface area (Å²) in [5.74, 6) is -6.93. The van der Waals surface area contributed by atoms with Gasteiger partial charge in [0.15, 0.2) is 28.9 Å². The summed E-state index contributed by atoms with van der Waals surface area (Å²) in [6.07, 6.45) is 18.2. The van der Waals surface area contributed by atoms with Gasteiger partial charge in [-0.1, -0.05) is 69.6 Å². The van der Waals surface area contributed by atoms with E-state index in [9.17, 15) is 72.9 Å². The summed E-state index contributed by atoms with van der Waals surface area (Å²) in [5, 5.41) is 42.5. The Morgan fingerprint density at radius 2 is 0.792 bits per heavy atom. The van der Waals surface area contributed by atoms with Crippen LogP contribution in [0.4, 0.5) is 0 Å². The third kappa shape index (κ3) is 25.8. The molecule has 9 N–H and O–H groups in total. The minimum Gasteiger partial charge on any atom is -0.480 e. The number of nitrogens with one attached hydrogen (secondary N) is 6. The Bertz CT molecular complexity index is 4470. The van der Waals surface area contributed by atoms with Gasteiger partial charge < -0.3 is 74.0 Å². The molecule has 1 fully saturated rings. The monoisotopic (exact) mass is 1570 g/mol. The summed E-state index contributed by atoms with van der Waals surface area (Å²) in [4.78, 5) is 145. The quantitative estimate of drug-likeness (QED) is 0.0173. The summed E-state index contributed by atoms with van der Waals surface area (Å²) in [5.41, 5.74) is 2.12. The Hall–Kier alpha value is -10.8. The van der Waals surface area contributed by atoms with Gasteiger partial charge >= 0.3 is 17.9 Å². The summed E-state index contributed by atoms with van der Waals surface area (Å²) in [7, 11) is 0. The van der Waals surface area contributed by atoms with Gasteiger partial charge in [-0.3, -0.25) is 43.2 Å². The van der Waals surface area contributed by atoms with Crippen molar-refractivity contribution in [3.63, 3.8) is 0 Å². The summed E-state index contributed by atoms with van der Waals surface area (Å²) in [6, 6.07) is 19.4. The lowest BCUT2D eigenvalue weighted by molar-refractivity contribution is -0.140. The second-order valence-electron chi connectivity index (χ2n) is 22.9. The van der Waals surface area contributed by atoms with E-state index in [1.807, 2.05) is 0 Å². The number of carboxylic acid groups (broad SMARTS) is 3. The molecule has 0 saturated carbocycles. The smallest absolute Gasteiger partial charge is 0.328 e. The third-order valence-corrected chi connectivity index (χ3v) is 16.9. The van der Waals surface area contributed by atoms with Crippen LogP contribution >= 0.6 is 69.6 Å². The number of ketones is 3. The van der Waals surface area contributed by atoms with Gasteiger partial charge in [0.25, 0.3) is 29.5 Å². The van der Waals surface area contributed by atoms with Gasteiger partial charge in [0, 0.05) is 51.1 Å². The number of rotatable bonds is 33. The number of halogens is 6. The van der Waals surface area contributed by atoms with Gasteiger partial charge in [0.1, 0.15) is 41.5 Å². The first-order valence-electron chi connectivity index (χ1n) is 32.0. The number of amides is 6. The average molecular weight is 1580 g/mol. The van der Waals surface area contributed by atoms with Gasteiger partial charge in [0.05, 0.1) is 78.1 Å². The van der Waals surface area contributed by atoms with Crippen molar-refractivity contribution < 1.29 is 99.7 Å². The van der Waals surface area contributed by atoms with E-state index in [0.717, 1.165) is 6.42 Å². The summed E-state index contributed by atoms with van der Waals surface area (Å²) < 4.78 is 30.6. The van der Waals surface area contributed by atoms with Crippen LogP contribution in [0.1, 0.15) is 124 Å². The van der Waals surface area contributed by atoms with Crippen molar-refractivity contribution in [1.29, 1.82) is 0 Å². The third-order valence-electron chi connectivity index (χ3n) is 15.2. The molecule has 27 nitrogen and oxygen atoms in total. The molecule has 0 radical (unpaired) electrons. The van der Waals surface area contributed by atoms with E-state index in [-0.39, 0.29) is 102 Å². The Kier molecular flexibility index (Phi) is 32.0. The predicted octanol–water partition coefficient (Wildman–Crippen LogP) is 11.6. The maximum absolute atomic E-state index is 12.8. The first kappa shape index (κ1) is 82.5. The van der Waals surface area contributed by atoms with Crippen LogP contribution in [0.5, 0.6) is 0 Å². The molecular weight excluding hydrogens is 1510 g/mol. The van der Waals surface area contributed by atoms with Crippen molar-refractivity contribution in [1.82, 2.24) is 31.9 Å². The van der Waals surface area contributed by atoms with Gasteiger partial charge in [-0.2, -0.15) is 0 Å². The molecule has 1 aliphatic rings. The second kappa shape index (κ2) is 41.1. The second-order valence-corrected chi connectivity index (χ2v) is 25.4. The number of carboxylic acids is 3. The summed E-state index contributed by atoms with van der Waals surface area (Å²) >= 11 is 37.5. The van der Waals surface area contributed by atoms with Crippen molar-refractivity contribution in [2.45, 2.75) is 82.5 Å². The fraction of sp³-hybridized carbons (Fsp3) is 0.233. The zero-order valence-corrected chi connectivity index (χ0v) is 60.3. The number of benzene rings is 3. The topological polar surface area (TPSA) is 413 Å². The van der Waals surface area contributed by atoms with Crippen LogP contribution in [-0.4, -0.2) is 136 Å². The molecule has 106 heavy (non-hydrogen) atoms. The van der Waals surface area contributed by atoms with Crippen LogP contribution in [0.25, 0.3) is 18.2 Å². The largest absolute Gasteiger partial charge is 0.480 e. The standard InChI is InChI=1S/C25H22Cl2N2O7.C24H24Cl2N2O7.C24H20Cl2N2O7/c1-14-8-10-36-22(14)24(32)28-13-20(25(33)34)29-23(31)21-18(26)11-15(12-19(21)27)4-5-16(30)6-7-17-3-2-9-35-17;2*25-17-11-14(5-6-15(29)7-8-16-3-1-9-34-16)12-18(26)21(17)23(31)28-19(24(32)33)13-27-22(30)20-4-2-10-35-20/h2-3,6-12,20H,4-5,13H2,1H3,(H,28,32)(H,29,31)(H,33,34);1,3,7-9,11-12,19-20H,2,4-6,10,13H2,(H,27,30)(H,28,31)(H,32,33);1-4,7-12,19H,5-6,13H2,(H,27,30)(H,28,31)(H,32,33)/b7-6+;2*8-7+/t20-;19-,20?;19-/m000/s1. The fourth-order valence-corrected chi connectivity index (χ4v) is 11.8. The van der Waals surface area contributed by atoms with E-state index < -0.39 is 90.7 Å². The Balaban J connectivity index is 0.000000222. The number of carbonyl (C=O) groups excluding carboxylic acids is 9. The molecule has 556 valence electrons. The molecule has 3 aromatic carbocycles. The van der Waals surface area contributed by atoms with Gasteiger partial charge in [-0.05, 0) is 183 Å². The molecule has 1 aliphatic heterocycles. The lowest BCUT2D eigenvalue weighted by Gasteiger charge is -2.18. The zero-order chi connectivity index (χ0) is 77.0. The molecule has 33 heteroatoms. The maximum atomic E-state index is 12.8. The van der Waals surface area contributed by atoms with Crippen molar-refractivity contribution in [3.05, 3.63) is 238 Å². The maximum Gasteiger partial charge on any atom is 0.328 e. The molecule has 9 rings (SSSR count). The van der Waals surface area contributed by atoms with Crippen LogP contribution in [0.15, 0.2) is 163 Å². The van der Waals surface area contributed by atoms with Crippen LogP contribution in [0.3, 0.4) is 0 Å². The number of allylic oxidation sites excluding steroid dienone is 3. The highest BCUT2D eigenvalue weighted by atomic mass is 35.5. The molecule has 1 saturated heterocycles. The number of aliphatic carboxylic acids is 3. The normalized spacial score (nSPS) is 13.3. The van der Waals surface area contributed by atoms with Crippen LogP contribution in [-0.2, 0) is 57.6 Å². The molecule has 6 heterocycles. The molecule has 0 aliphatic carbocycles. The van der Waals surface area contributed by atoms with Crippen LogP contribution < -0.4 is 31.9 Å². The highest BCUT2D eigenvalue weighted by Gasteiger charge is 2.30. The number of furan rings is 5. The average Bonchev–Trinajstić information content (AvgIpc) is 1.16. The number of aryl methyl sites for hydroxylation is 4. The predicted molar refractivity (Wildman–Crippen MR) is 388 cm³/mol. The SMILES string of the molecule is Cc1ccoc1C(=O)NC[C@H](NC(=O)c1c(Cl)cc(CCC(=O)/C=C/c2ccco2)cc1Cl)C(=O)O.O=C(/C=C/c1ccco1)CCc1cc(Cl)c(C(=O)N[C@@H](CNC(=O)C2CCCO2)C(=O)O)c(Cl)c1.O=C(/C=C/c1ccco1)CCc1cc(Cl)c(C(=O)N[C@@H](CNC(=O)c2ccco2)C(=O)O)c(Cl)c1. The molecule has 5 aromatic heterocycles. The Labute approximate surface area is 633 Å². The minimum absolute atomic E-state index is 0.00270. The van der Waals surface area contributed by atoms with Crippen molar-refractivity contribution >= 4 is 159 Å². The van der Waals surface area contributed by atoms with Crippen molar-refractivity contribution in [2.75, 3.05) is 26.2 Å². The number of carbonyl (C=O) groups is 12. The highest BCUT2D eigenvalue weighted by Crippen LogP contribution is 2.31. The van der Waals surface area contributed by atoms with Crippen molar-refractivity contribution in [2.24, 2.45) is 0 Å². The van der Waals surface area contributed by atoms with Crippen LogP contribution in [0.2, 0.25) is 30.1 Å². The fourth-order valence-electron chi connectivity index (χ4n) is 9.66. The molecule has 0 spiro atoms. The first-order chi connectivity index (χ1) is 50.6. The molecule has 8 aromatic rings. The van der Waals surface area contributed by atoms with Gasteiger partial charge in [0.2, 0.25) is 5.91 Å².